The van der Waals surface area contributed by atoms with E-state index in [0.29, 0.717) is 29.1 Å². The lowest BCUT2D eigenvalue weighted by atomic mass is 9.95. The molecule has 0 saturated carbocycles. The van der Waals surface area contributed by atoms with E-state index in [-0.39, 0.29) is 11.3 Å². The summed E-state index contributed by atoms with van der Waals surface area (Å²) in [7, 11) is 3.85. The Kier molecular flexibility index (Phi) is 6.35. The second kappa shape index (κ2) is 8.76. The molecule has 1 atom stereocenters. The van der Waals surface area contributed by atoms with E-state index in [1.54, 1.807) is 24.3 Å². The predicted molar refractivity (Wildman–Crippen MR) is 110 cm³/mol. The van der Waals surface area contributed by atoms with Crippen molar-refractivity contribution < 1.29 is 19.1 Å². The summed E-state index contributed by atoms with van der Waals surface area (Å²) < 4.78 is 13.4. The van der Waals surface area contributed by atoms with Crippen LogP contribution in [0.1, 0.15) is 23.6 Å². The van der Waals surface area contributed by atoms with Gasteiger partial charge in [0.1, 0.15) is 11.6 Å². The SMILES string of the molecule is CN(C)CCCN1C(=O)C(=O)/C(=C(/O)c2ccc(Cl)cc2)[C@@H]1c1ccc(F)cc1. The average Bonchev–Trinajstić information content (AvgIpc) is 2.93. The Morgan fingerprint density at radius 3 is 2.31 bits per heavy atom. The van der Waals surface area contributed by atoms with Crippen LogP contribution in [0.5, 0.6) is 0 Å². The highest BCUT2D eigenvalue weighted by Gasteiger charge is 2.45. The topological polar surface area (TPSA) is 60.9 Å². The minimum Gasteiger partial charge on any atom is -0.507 e. The molecular weight excluding hydrogens is 395 g/mol. The number of nitrogens with zero attached hydrogens (tertiary/aromatic N) is 2. The highest BCUT2D eigenvalue weighted by atomic mass is 35.5. The fraction of sp³-hybridized carbons (Fsp3) is 0.273. The Balaban J connectivity index is 2.07. The minimum absolute atomic E-state index is 0.00576. The maximum absolute atomic E-state index is 13.4. The molecule has 152 valence electrons. The molecule has 1 aliphatic rings. The summed E-state index contributed by atoms with van der Waals surface area (Å²) in [6.45, 7) is 1.07. The number of Topliss-reactive ketones (excluding diaryl/α,β-unsaturated/α-hetero) is 1. The number of aliphatic hydroxyl groups is 1. The van der Waals surface area contributed by atoms with Gasteiger partial charge in [-0.25, -0.2) is 4.39 Å². The summed E-state index contributed by atoms with van der Waals surface area (Å²) in [5.41, 5.74) is 0.938. The van der Waals surface area contributed by atoms with Gasteiger partial charge in [-0.05, 0) is 69.0 Å². The maximum Gasteiger partial charge on any atom is 0.295 e. The Morgan fingerprint density at radius 2 is 1.72 bits per heavy atom. The first-order valence-electron chi connectivity index (χ1n) is 9.24. The summed E-state index contributed by atoms with van der Waals surface area (Å²) in [4.78, 5) is 29.0. The van der Waals surface area contributed by atoms with Crippen LogP contribution in [-0.2, 0) is 9.59 Å². The molecule has 1 amide bonds. The number of benzene rings is 2. The largest absolute Gasteiger partial charge is 0.507 e. The van der Waals surface area contributed by atoms with E-state index in [1.807, 2.05) is 19.0 Å². The zero-order chi connectivity index (χ0) is 21.1. The molecular formula is C22H22ClFN2O3. The molecule has 0 spiro atoms. The van der Waals surface area contributed by atoms with Crippen molar-refractivity contribution in [1.82, 2.24) is 9.80 Å². The number of likely N-dealkylation sites (tertiary alicyclic amines) is 1. The van der Waals surface area contributed by atoms with E-state index in [2.05, 4.69) is 0 Å². The average molecular weight is 417 g/mol. The quantitative estimate of drug-likeness (QED) is 0.441. The first-order chi connectivity index (χ1) is 13.8. The molecule has 1 aliphatic heterocycles. The highest BCUT2D eigenvalue weighted by Crippen LogP contribution is 2.39. The fourth-order valence-electron chi connectivity index (χ4n) is 3.42. The van der Waals surface area contributed by atoms with Crippen LogP contribution in [0.2, 0.25) is 5.02 Å². The first-order valence-corrected chi connectivity index (χ1v) is 9.62. The van der Waals surface area contributed by atoms with Crippen molar-refractivity contribution in [3.8, 4) is 0 Å². The van der Waals surface area contributed by atoms with Crippen LogP contribution >= 0.6 is 11.6 Å². The number of hydrogen-bond donors (Lipinski definition) is 1. The lowest BCUT2D eigenvalue weighted by Crippen LogP contribution is -2.32. The van der Waals surface area contributed by atoms with Crippen LogP contribution in [0.4, 0.5) is 4.39 Å². The maximum atomic E-state index is 13.4. The number of rotatable bonds is 6. The predicted octanol–water partition coefficient (Wildman–Crippen LogP) is 3.85. The highest BCUT2D eigenvalue weighted by molar-refractivity contribution is 6.46. The number of ketones is 1. The van der Waals surface area contributed by atoms with Crippen LogP contribution < -0.4 is 0 Å². The van der Waals surface area contributed by atoms with Crippen molar-refractivity contribution in [1.29, 1.82) is 0 Å². The molecule has 2 aromatic rings. The summed E-state index contributed by atoms with van der Waals surface area (Å²) in [6.07, 6.45) is 0.651. The third-order valence-corrected chi connectivity index (χ3v) is 5.10. The third kappa shape index (κ3) is 4.49. The molecule has 7 heteroatoms. The van der Waals surface area contributed by atoms with E-state index in [1.165, 1.54) is 29.2 Å². The Hall–Kier alpha value is -2.70. The Bertz CT molecular complexity index is 940. The third-order valence-electron chi connectivity index (χ3n) is 4.85. The van der Waals surface area contributed by atoms with E-state index in [9.17, 15) is 19.1 Å². The van der Waals surface area contributed by atoms with Crippen LogP contribution in [-0.4, -0.2) is 53.8 Å². The monoisotopic (exact) mass is 416 g/mol. The van der Waals surface area contributed by atoms with Crippen molar-refractivity contribution in [2.75, 3.05) is 27.2 Å². The molecule has 0 aliphatic carbocycles. The molecule has 29 heavy (non-hydrogen) atoms. The molecule has 5 nitrogen and oxygen atoms in total. The molecule has 0 unspecified atom stereocenters. The Labute approximate surface area is 174 Å². The van der Waals surface area contributed by atoms with Crippen LogP contribution in [0, 0.1) is 5.82 Å². The molecule has 0 bridgehead atoms. The van der Waals surface area contributed by atoms with Gasteiger partial charge in [-0.1, -0.05) is 23.7 Å². The molecule has 1 saturated heterocycles. The molecule has 1 N–H and O–H groups in total. The van der Waals surface area contributed by atoms with E-state index >= 15 is 0 Å². The standard InChI is InChI=1S/C22H22ClFN2O3/c1-25(2)12-3-13-26-19(14-6-10-17(24)11-7-14)18(21(28)22(26)29)20(27)15-4-8-16(23)9-5-15/h4-11,19,27H,3,12-13H2,1-2H3/b20-18+/t19-/m0/s1. The molecule has 0 aromatic heterocycles. The smallest absolute Gasteiger partial charge is 0.295 e. The van der Waals surface area contributed by atoms with E-state index < -0.39 is 23.5 Å². The normalized spacial score (nSPS) is 18.7. The van der Waals surface area contributed by atoms with Gasteiger partial charge in [0.25, 0.3) is 11.7 Å². The minimum atomic E-state index is -0.784. The summed E-state index contributed by atoms with van der Waals surface area (Å²) in [5.74, 6) is -2.12. The number of carbonyl (C=O) groups is 2. The van der Waals surface area contributed by atoms with E-state index in [0.717, 1.165) is 6.54 Å². The van der Waals surface area contributed by atoms with Gasteiger partial charge in [0.05, 0.1) is 11.6 Å². The second-order valence-electron chi connectivity index (χ2n) is 7.21. The second-order valence-corrected chi connectivity index (χ2v) is 7.64. The summed E-state index contributed by atoms with van der Waals surface area (Å²) in [6, 6.07) is 11.2. The number of aliphatic hydroxyl groups excluding tert-OH is 1. The van der Waals surface area contributed by atoms with Crippen LogP contribution in [0.3, 0.4) is 0 Å². The van der Waals surface area contributed by atoms with Gasteiger partial charge in [-0.3, -0.25) is 9.59 Å². The van der Waals surface area contributed by atoms with Crippen molar-refractivity contribution >= 4 is 29.1 Å². The van der Waals surface area contributed by atoms with Crippen molar-refractivity contribution in [3.63, 3.8) is 0 Å². The van der Waals surface area contributed by atoms with Gasteiger partial charge in [0.2, 0.25) is 0 Å². The Morgan fingerprint density at radius 1 is 1.10 bits per heavy atom. The summed E-state index contributed by atoms with van der Waals surface area (Å²) >= 11 is 5.91. The fourth-order valence-corrected chi connectivity index (χ4v) is 3.55. The van der Waals surface area contributed by atoms with Crippen LogP contribution in [0.25, 0.3) is 5.76 Å². The van der Waals surface area contributed by atoms with Gasteiger partial charge in [0.15, 0.2) is 0 Å². The van der Waals surface area contributed by atoms with E-state index in [4.69, 9.17) is 11.6 Å². The summed E-state index contributed by atoms with van der Waals surface area (Å²) in [5, 5.41) is 11.4. The van der Waals surface area contributed by atoms with Crippen molar-refractivity contribution in [2.24, 2.45) is 0 Å². The zero-order valence-corrected chi connectivity index (χ0v) is 17.0. The van der Waals surface area contributed by atoms with Gasteiger partial charge in [-0.15, -0.1) is 0 Å². The van der Waals surface area contributed by atoms with Crippen molar-refractivity contribution in [2.45, 2.75) is 12.5 Å². The molecule has 2 aromatic carbocycles. The molecule has 3 rings (SSSR count). The lowest BCUT2D eigenvalue weighted by molar-refractivity contribution is -0.139. The lowest BCUT2D eigenvalue weighted by Gasteiger charge is -2.26. The van der Waals surface area contributed by atoms with Gasteiger partial charge >= 0.3 is 0 Å². The van der Waals surface area contributed by atoms with Crippen molar-refractivity contribution in [3.05, 3.63) is 76.1 Å². The number of halogens is 2. The van der Waals surface area contributed by atoms with Gasteiger partial charge in [0, 0.05) is 17.1 Å². The molecule has 1 fully saturated rings. The number of hydrogen-bond acceptors (Lipinski definition) is 4. The first kappa shape index (κ1) is 21.0. The van der Waals surface area contributed by atoms with Gasteiger partial charge in [-0.2, -0.15) is 0 Å². The van der Waals surface area contributed by atoms with Gasteiger partial charge < -0.3 is 14.9 Å². The zero-order valence-electron chi connectivity index (χ0n) is 16.2. The molecule has 0 radical (unpaired) electrons. The van der Waals surface area contributed by atoms with Crippen LogP contribution in [0.15, 0.2) is 54.1 Å². The number of carbonyl (C=O) groups excluding carboxylic acids is 2. The molecule has 1 heterocycles. The number of amides is 1.